The minimum atomic E-state index is -4.60. The highest BCUT2D eigenvalue weighted by Crippen LogP contribution is 2.37. The van der Waals surface area contributed by atoms with Crippen LogP contribution >= 0.6 is 11.6 Å². The molecular weight excluding hydrogens is 495 g/mol. The van der Waals surface area contributed by atoms with Gasteiger partial charge in [-0.3, -0.25) is 0 Å². The van der Waals surface area contributed by atoms with Crippen molar-refractivity contribution in [3.05, 3.63) is 59.1 Å². The monoisotopic (exact) mass is 517 g/mol. The van der Waals surface area contributed by atoms with Crippen LogP contribution in [0.5, 0.6) is 5.75 Å². The van der Waals surface area contributed by atoms with Crippen molar-refractivity contribution in [2.75, 3.05) is 18.2 Å². The van der Waals surface area contributed by atoms with Crippen LogP contribution in [0.3, 0.4) is 0 Å². The highest BCUT2D eigenvalue weighted by Gasteiger charge is 2.33. The zero-order valence-corrected chi connectivity index (χ0v) is 20.6. The van der Waals surface area contributed by atoms with Crippen molar-refractivity contribution in [2.45, 2.75) is 32.4 Å². The summed E-state index contributed by atoms with van der Waals surface area (Å²) in [6, 6.07) is 6.88. The quantitative estimate of drug-likeness (QED) is 0.287. The molecule has 0 atom stereocenters. The van der Waals surface area contributed by atoms with E-state index < -0.39 is 16.8 Å². The maximum atomic E-state index is 13.3. The van der Waals surface area contributed by atoms with Gasteiger partial charge in [0.05, 0.1) is 34.8 Å². The van der Waals surface area contributed by atoms with Gasteiger partial charge in [0.15, 0.2) is 11.6 Å². The Morgan fingerprint density at radius 3 is 2.47 bits per heavy atom. The molecule has 1 aromatic carbocycles. The molecule has 0 saturated heterocycles. The van der Waals surface area contributed by atoms with Gasteiger partial charge in [-0.2, -0.15) is 13.2 Å². The molecule has 0 aliphatic rings. The number of hydrogen-bond acceptors (Lipinski definition) is 7. The molecule has 4 N–H and O–H groups in total. The summed E-state index contributed by atoms with van der Waals surface area (Å²) in [4.78, 5) is 21.0. The number of halogens is 4. The predicted molar refractivity (Wildman–Crippen MR) is 132 cm³/mol. The van der Waals surface area contributed by atoms with E-state index in [9.17, 15) is 13.2 Å². The second kappa shape index (κ2) is 9.30. The van der Waals surface area contributed by atoms with Crippen molar-refractivity contribution in [1.82, 2.24) is 24.9 Å². The number of H-pyrrole nitrogens is 1. The minimum Gasteiger partial charge on any atom is -0.493 e. The summed E-state index contributed by atoms with van der Waals surface area (Å²) in [5.41, 5.74) is 6.97. The van der Waals surface area contributed by atoms with Gasteiger partial charge in [-0.05, 0) is 30.3 Å². The fourth-order valence-corrected chi connectivity index (χ4v) is 3.60. The van der Waals surface area contributed by atoms with Gasteiger partial charge in [0.1, 0.15) is 5.82 Å². The maximum Gasteiger partial charge on any atom is 0.417 e. The third-order valence-corrected chi connectivity index (χ3v) is 5.56. The molecule has 0 saturated carbocycles. The fourth-order valence-electron chi connectivity index (χ4n) is 3.38. The van der Waals surface area contributed by atoms with Gasteiger partial charge in [0, 0.05) is 29.1 Å². The molecule has 0 amide bonds. The molecule has 3 heterocycles. The van der Waals surface area contributed by atoms with Crippen molar-refractivity contribution in [3.63, 3.8) is 0 Å². The molecule has 0 aliphatic heterocycles. The van der Waals surface area contributed by atoms with Gasteiger partial charge in [-0.15, -0.1) is 0 Å². The summed E-state index contributed by atoms with van der Waals surface area (Å²) in [6.07, 6.45) is -1.52. The summed E-state index contributed by atoms with van der Waals surface area (Å²) in [7, 11) is 1.49. The predicted octanol–water partition coefficient (Wildman–Crippen LogP) is 6.23. The summed E-state index contributed by atoms with van der Waals surface area (Å²) in [5, 5.41) is 2.42. The molecule has 4 rings (SSSR count). The molecule has 8 nitrogen and oxygen atoms in total. The van der Waals surface area contributed by atoms with Crippen LogP contribution in [0.25, 0.3) is 22.6 Å². The second-order valence-corrected chi connectivity index (χ2v) is 9.36. The minimum absolute atomic E-state index is 0.0915. The fraction of sp³-hybridized carbons (Fsp3) is 0.250. The van der Waals surface area contributed by atoms with E-state index in [0.29, 0.717) is 34.2 Å². The number of nitrogens with two attached hydrogens (primary N) is 1. The van der Waals surface area contributed by atoms with E-state index in [1.807, 2.05) is 20.8 Å². The molecule has 4 aromatic rings. The number of nitrogens with one attached hydrogen (secondary N) is 2. The molecule has 0 radical (unpaired) electrons. The van der Waals surface area contributed by atoms with Crippen molar-refractivity contribution < 1.29 is 17.9 Å². The SMILES string of the molecule is COc1cc(-c2nc(C(C)(C)C)[nH]c2-c2ccnc(Nc3ccc(Cl)c(C(F)(F)F)c3)n2)cnc1N. The van der Waals surface area contributed by atoms with Gasteiger partial charge in [0.25, 0.3) is 0 Å². The Morgan fingerprint density at radius 1 is 1.06 bits per heavy atom. The zero-order chi connectivity index (χ0) is 26.3. The first-order chi connectivity index (χ1) is 16.9. The molecule has 0 aliphatic carbocycles. The van der Waals surface area contributed by atoms with Crippen LogP contribution in [-0.4, -0.2) is 32.0 Å². The van der Waals surface area contributed by atoms with E-state index in [1.54, 1.807) is 18.3 Å². The first kappa shape index (κ1) is 25.2. The number of anilines is 3. The first-order valence-corrected chi connectivity index (χ1v) is 11.1. The number of nitrogens with zero attached hydrogens (tertiary/aromatic N) is 4. The van der Waals surface area contributed by atoms with Crippen LogP contribution in [0, 0.1) is 0 Å². The number of alkyl halides is 3. The number of nitrogen functional groups attached to an aromatic ring is 1. The Balaban J connectivity index is 1.77. The third kappa shape index (κ3) is 5.20. The lowest BCUT2D eigenvalue weighted by molar-refractivity contribution is -0.137. The van der Waals surface area contributed by atoms with Crippen LogP contribution < -0.4 is 15.8 Å². The van der Waals surface area contributed by atoms with Crippen LogP contribution in [0.1, 0.15) is 32.2 Å². The van der Waals surface area contributed by atoms with Gasteiger partial charge >= 0.3 is 6.18 Å². The van der Waals surface area contributed by atoms with Crippen LogP contribution in [-0.2, 0) is 11.6 Å². The standard InChI is InChI=1S/C24H23ClF3N7O/c1-23(2,3)21-34-18(12-9-17(36-4)20(29)31-11-12)19(35-21)16-7-8-30-22(33-16)32-13-5-6-15(25)14(10-13)24(26,27)28/h5-11H,1-4H3,(H2,29,31)(H,34,35)(H,30,32,33). The van der Waals surface area contributed by atoms with Gasteiger partial charge in [-0.25, -0.2) is 19.9 Å². The second-order valence-electron chi connectivity index (χ2n) is 8.95. The largest absolute Gasteiger partial charge is 0.493 e. The van der Waals surface area contributed by atoms with E-state index in [2.05, 4.69) is 25.3 Å². The Labute approximate surface area is 210 Å². The van der Waals surface area contributed by atoms with Crippen LogP contribution in [0.2, 0.25) is 5.02 Å². The smallest absolute Gasteiger partial charge is 0.417 e. The Bertz CT molecular complexity index is 1410. The number of aromatic nitrogens is 5. The van der Waals surface area contributed by atoms with E-state index in [0.717, 1.165) is 6.07 Å². The van der Waals surface area contributed by atoms with E-state index >= 15 is 0 Å². The van der Waals surface area contributed by atoms with Crippen LogP contribution in [0.15, 0.2) is 42.7 Å². The normalized spacial score (nSPS) is 12.0. The number of aromatic amines is 1. The molecule has 36 heavy (non-hydrogen) atoms. The molecule has 3 aromatic heterocycles. The van der Waals surface area contributed by atoms with Crippen molar-refractivity contribution in [3.8, 4) is 28.4 Å². The van der Waals surface area contributed by atoms with Gasteiger partial charge in [0.2, 0.25) is 5.95 Å². The van der Waals surface area contributed by atoms with Crippen molar-refractivity contribution in [2.24, 2.45) is 0 Å². The van der Waals surface area contributed by atoms with Gasteiger partial charge < -0.3 is 20.8 Å². The number of benzene rings is 1. The summed E-state index contributed by atoms with van der Waals surface area (Å²) < 4.78 is 45.1. The molecule has 12 heteroatoms. The molecule has 0 fully saturated rings. The highest BCUT2D eigenvalue weighted by atomic mass is 35.5. The maximum absolute atomic E-state index is 13.3. The molecular formula is C24H23ClF3N7O. The summed E-state index contributed by atoms with van der Waals surface area (Å²) >= 11 is 5.72. The number of imidazole rings is 1. The summed E-state index contributed by atoms with van der Waals surface area (Å²) in [6.45, 7) is 6.02. The number of pyridine rings is 1. The van der Waals surface area contributed by atoms with Crippen molar-refractivity contribution >= 4 is 29.1 Å². The Hall–Kier alpha value is -3.86. The lowest BCUT2D eigenvalue weighted by atomic mass is 9.96. The van der Waals surface area contributed by atoms with Crippen molar-refractivity contribution in [1.29, 1.82) is 0 Å². The average molecular weight is 518 g/mol. The third-order valence-electron chi connectivity index (χ3n) is 5.23. The Kier molecular flexibility index (Phi) is 6.52. The van der Waals surface area contributed by atoms with E-state index in [1.165, 1.54) is 25.4 Å². The number of rotatable bonds is 5. The lowest BCUT2D eigenvalue weighted by Crippen LogP contribution is -2.13. The Morgan fingerprint density at radius 2 is 1.81 bits per heavy atom. The number of ether oxygens (including phenoxy) is 1. The highest BCUT2D eigenvalue weighted by molar-refractivity contribution is 6.31. The van der Waals surface area contributed by atoms with Crippen LogP contribution in [0.4, 0.5) is 30.6 Å². The molecule has 188 valence electrons. The molecule has 0 spiro atoms. The average Bonchev–Trinajstić information content (AvgIpc) is 3.26. The summed E-state index contributed by atoms with van der Waals surface area (Å²) in [5.74, 6) is 1.42. The zero-order valence-electron chi connectivity index (χ0n) is 19.8. The topological polar surface area (TPSA) is 115 Å². The molecule has 0 bridgehead atoms. The number of hydrogen-bond donors (Lipinski definition) is 3. The first-order valence-electron chi connectivity index (χ1n) is 10.7. The van der Waals surface area contributed by atoms with E-state index in [-0.39, 0.29) is 22.9 Å². The van der Waals surface area contributed by atoms with Gasteiger partial charge in [-0.1, -0.05) is 32.4 Å². The molecule has 0 unspecified atom stereocenters. The lowest BCUT2D eigenvalue weighted by Gasteiger charge is -2.14. The number of methoxy groups -OCH3 is 1. The van der Waals surface area contributed by atoms with E-state index in [4.69, 9.17) is 27.1 Å².